The van der Waals surface area contributed by atoms with Crippen molar-refractivity contribution in [3.05, 3.63) is 82.6 Å². The van der Waals surface area contributed by atoms with Crippen molar-refractivity contribution in [2.45, 2.75) is 24.8 Å². The van der Waals surface area contributed by atoms with Crippen LogP contribution >= 0.6 is 22.9 Å². The maximum atomic E-state index is 13.4. The molecule has 164 valence electrons. The van der Waals surface area contributed by atoms with E-state index < -0.39 is 9.84 Å². The van der Waals surface area contributed by atoms with Crippen molar-refractivity contribution in [1.29, 1.82) is 0 Å². The number of amides is 1. The molecule has 6 nitrogen and oxygen atoms in total. The summed E-state index contributed by atoms with van der Waals surface area (Å²) in [6.07, 6.45) is 4.67. The largest absolute Gasteiger partial charge is 0.283 e. The summed E-state index contributed by atoms with van der Waals surface area (Å²) in [5.74, 6) is -0.149. The average Bonchev–Trinajstić information content (AvgIpc) is 3.20. The zero-order chi connectivity index (χ0) is 22.9. The number of carbonyl (C=O) groups excluding carboxylic acids is 1. The van der Waals surface area contributed by atoms with Crippen molar-refractivity contribution in [2.24, 2.45) is 0 Å². The molecule has 4 aromatic rings. The quantitative estimate of drug-likeness (QED) is 0.390. The molecular weight excluding hydrogens is 466 g/mol. The number of fused-ring (bicyclic) bond motifs is 1. The molecule has 0 saturated heterocycles. The molecule has 0 saturated carbocycles. The average molecular weight is 486 g/mol. The first-order valence-corrected chi connectivity index (χ1v) is 12.8. The van der Waals surface area contributed by atoms with Gasteiger partial charge < -0.3 is 0 Å². The topological polar surface area (TPSA) is 80.2 Å². The highest BCUT2D eigenvalue weighted by molar-refractivity contribution is 7.90. The first kappa shape index (κ1) is 22.4. The van der Waals surface area contributed by atoms with E-state index in [4.69, 9.17) is 16.6 Å². The number of thiazole rings is 1. The van der Waals surface area contributed by atoms with Crippen molar-refractivity contribution in [1.82, 2.24) is 9.97 Å². The molecular formula is C23H20ClN3O3S2. The zero-order valence-electron chi connectivity index (χ0n) is 17.4. The molecule has 0 radical (unpaired) electrons. The lowest BCUT2D eigenvalue weighted by atomic mass is 10.1. The maximum absolute atomic E-state index is 13.4. The van der Waals surface area contributed by atoms with Crippen molar-refractivity contribution >= 4 is 54.0 Å². The zero-order valence-corrected chi connectivity index (χ0v) is 19.8. The van der Waals surface area contributed by atoms with Gasteiger partial charge in [0.1, 0.15) is 0 Å². The summed E-state index contributed by atoms with van der Waals surface area (Å²) in [7, 11) is -3.29. The normalized spacial score (nSPS) is 11.6. The second-order valence-corrected chi connectivity index (χ2v) is 10.9. The van der Waals surface area contributed by atoms with E-state index in [1.54, 1.807) is 29.4 Å². The smallest absolute Gasteiger partial charge is 0.233 e. The molecule has 4 rings (SSSR count). The number of hydrogen-bond donors (Lipinski definition) is 0. The van der Waals surface area contributed by atoms with Gasteiger partial charge >= 0.3 is 0 Å². The summed E-state index contributed by atoms with van der Waals surface area (Å²) in [5, 5.41) is 1.21. The van der Waals surface area contributed by atoms with E-state index in [1.807, 2.05) is 31.2 Å². The first-order chi connectivity index (χ1) is 15.2. The van der Waals surface area contributed by atoms with Gasteiger partial charge in [0.15, 0.2) is 15.0 Å². The van der Waals surface area contributed by atoms with Crippen molar-refractivity contribution in [3.8, 4) is 0 Å². The van der Waals surface area contributed by atoms with E-state index >= 15 is 0 Å². The van der Waals surface area contributed by atoms with Crippen LogP contribution in [-0.2, 0) is 27.6 Å². The number of benzene rings is 2. The molecule has 1 amide bonds. The molecule has 2 heterocycles. The van der Waals surface area contributed by atoms with Gasteiger partial charge in [-0.15, -0.1) is 0 Å². The number of halogens is 1. The number of nitrogens with zero attached hydrogens (tertiary/aromatic N) is 3. The van der Waals surface area contributed by atoms with Gasteiger partial charge in [0.2, 0.25) is 5.91 Å². The van der Waals surface area contributed by atoms with Gasteiger partial charge in [-0.05, 0) is 53.9 Å². The van der Waals surface area contributed by atoms with Gasteiger partial charge in [-0.25, -0.2) is 13.4 Å². The fourth-order valence-electron chi connectivity index (χ4n) is 3.27. The Bertz CT molecular complexity index is 1390. The van der Waals surface area contributed by atoms with Crippen LogP contribution in [0.3, 0.4) is 0 Å². The molecule has 0 bridgehead atoms. The SMILES string of the molecule is Cc1c(Cl)ccc2sc(N(Cc3cccnc3)C(=O)Cc3ccc(S(C)(=O)=O)cc3)nc12. The number of sulfone groups is 1. The fourth-order valence-corrected chi connectivity index (χ4v) is 5.09. The van der Waals surface area contributed by atoms with Crippen LogP contribution in [0.5, 0.6) is 0 Å². The fraction of sp³-hybridized carbons (Fsp3) is 0.174. The molecule has 0 aliphatic heterocycles. The van der Waals surface area contributed by atoms with Crippen LogP contribution in [0.25, 0.3) is 10.2 Å². The Balaban J connectivity index is 1.68. The number of hydrogen-bond acceptors (Lipinski definition) is 6. The predicted molar refractivity (Wildman–Crippen MR) is 128 cm³/mol. The minimum atomic E-state index is -3.29. The molecule has 32 heavy (non-hydrogen) atoms. The van der Waals surface area contributed by atoms with Gasteiger partial charge in [0, 0.05) is 23.7 Å². The lowest BCUT2D eigenvalue weighted by molar-refractivity contribution is -0.118. The summed E-state index contributed by atoms with van der Waals surface area (Å²) in [6.45, 7) is 2.23. The molecule has 0 unspecified atom stereocenters. The van der Waals surface area contributed by atoms with E-state index in [0.29, 0.717) is 16.7 Å². The van der Waals surface area contributed by atoms with Crippen LogP contribution in [0, 0.1) is 6.92 Å². The van der Waals surface area contributed by atoms with E-state index in [0.717, 1.165) is 33.2 Å². The molecule has 0 spiro atoms. The van der Waals surface area contributed by atoms with Crippen LogP contribution in [0.15, 0.2) is 65.8 Å². The van der Waals surface area contributed by atoms with E-state index in [2.05, 4.69) is 4.98 Å². The highest BCUT2D eigenvalue weighted by Gasteiger charge is 2.22. The van der Waals surface area contributed by atoms with Crippen LogP contribution in [0.4, 0.5) is 5.13 Å². The second kappa shape index (κ2) is 8.97. The van der Waals surface area contributed by atoms with Gasteiger partial charge in [-0.3, -0.25) is 14.7 Å². The number of rotatable bonds is 6. The summed E-state index contributed by atoms with van der Waals surface area (Å²) >= 11 is 7.68. The van der Waals surface area contributed by atoms with Crippen LogP contribution in [0.1, 0.15) is 16.7 Å². The molecule has 2 aromatic heterocycles. The van der Waals surface area contributed by atoms with E-state index in [9.17, 15) is 13.2 Å². The standard InChI is InChI=1S/C23H20ClN3O3S2/c1-15-19(24)9-10-20-22(15)26-23(31-20)27(14-17-4-3-11-25-13-17)21(28)12-16-5-7-18(8-6-16)32(2,29)30/h3-11,13H,12,14H2,1-2H3. The van der Waals surface area contributed by atoms with E-state index in [-0.39, 0.29) is 17.2 Å². The van der Waals surface area contributed by atoms with Crippen LogP contribution in [0.2, 0.25) is 5.02 Å². The number of aromatic nitrogens is 2. The van der Waals surface area contributed by atoms with Crippen molar-refractivity contribution in [3.63, 3.8) is 0 Å². The third kappa shape index (κ3) is 4.82. The highest BCUT2D eigenvalue weighted by Crippen LogP contribution is 2.34. The third-order valence-corrected chi connectivity index (χ3v) is 7.62. The molecule has 0 fully saturated rings. The number of aryl methyl sites for hydroxylation is 1. The molecule has 0 aliphatic carbocycles. The Hall–Kier alpha value is -2.81. The monoisotopic (exact) mass is 485 g/mol. The summed E-state index contributed by atoms with van der Waals surface area (Å²) in [4.78, 5) is 24.1. The highest BCUT2D eigenvalue weighted by atomic mass is 35.5. The van der Waals surface area contributed by atoms with Gasteiger partial charge in [0.25, 0.3) is 0 Å². The van der Waals surface area contributed by atoms with E-state index in [1.165, 1.54) is 23.5 Å². The Labute approximate surface area is 195 Å². The lowest BCUT2D eigenvalue weighted by Crippen LogP contribution is -2.31. The minimum Gasteiger partial charge on any atom is -0.283 e. The van der Waals surface area contributed by atoms with Gasteiger partial charge in [-0.1, -0.05) is 41.1 Å². The first-order valence-electron chi connectivity index (χ1n) is 9.76. The minimum absolute atomic E-state index is 0.111. The third-order valence-electron chi connectivity index (χ3n) is 5.04. The van der Waals surface area contributed by atoms with Crippen LogP contribution < -0.4 is 4.90 Å². The molecule has 0 N–H and O–H groups in total. The number of anilines is 1. The Morgan fingerprint density at radius 2 is 1.84 bits per heavy atom. The number of carbonyl (C=O) groups is 1. The summed E-state index contributed by atoms with van der Waals surface area (Å²) < 4.78 is 24.4. The molecule has 9 heteroatoms. The van der Waals surface area contributed by atoms with Crippen molar-refractivity contribution in [2.75, 3.05) is 11.2 Å². The molecule has 0 atom stereocenters. The second-order valence-electron chi connectivity index (χ2n) is 7.45. The maximum Gasteiger partial charge on any atom is 0.233 e. The Kier molecular flexibility index (Phi) is 6.28. The van der Waals surface area contributed by atoms with Gasteiger partial charge in [0.05, 0.1) is 28.1 Å². The van der Waals surface area contributed by atoms with Crippen LogP contribution in [-0.4, -0.2) is 30.5 Å². The Morgan fingerprint density at radius 1 is 1.09 bits per heavy atom. The lowest BCUT2D eigenvalue weighted by Gasteiger charge is -2.20. The van der Waals surface area contributed by atoms with Gasteiger partial charge in [-0.2, -0.15) is 0 Å². The predicted octanol–water partition coefficient (Wildman–Crippen LogP) is 4.83. The molecule has 2 aromatic carbocycles. The number of pyridine rings is 1. The summed E-state index contributed by atoms with van der Waals surface area (Å²) in [6, 6.07) is 13.8. The molecule has 0 aliphatic rings. The van der Waals surface area contributed by atoms with Crippen molar-refractivity contribution < 1.29 is 13.2 Å². The Morgan fingerprint density at radius 3 is 2.50 bits per heavy atom. The summed E-state index contributed by atoms with van der Waals surface area (Å²) in [5.41, 5.74) is 3.25.